The Labute approximate surface area is 108 Å². The molecule has 0 heterocycles. The molecule has 7 heteroatoms. The number of hydrogen-bond acceptors (Lipinski definition) is 2. The summed E-state index contributed by atoms with van der Waals surface area (Å²) in [5.41, 5.74) is -1.34. The highest BCUT2D eigenvalue weighted by molar-refractivity contribution is 5.87. The largest absolute Gasteiger partial charge is 0.479 e. The number of amides is 2. The fourth-order valence-electron chi connectivity index (χ4n) is 1.46. The van der Waals surface area contributed by atoms with Crippen molar-refractivity contribution in [2.24, 2.45) is 0 Å². The van der Waals surface area contributed by atoms with Crippen molar-refractivity contribution < 1.29 is 23.5 Å². The van der Waals surface area contributed by atoms with Gasteiger partial charge < -0.3 is 15.7 Å². The van der Waals surface area contributed by atoms with E-state index >= 15 is 0 Å². The summed E-state index contributed by atoms with van der Waals surface area (Å²) < 4.78 is 23.9. The zero-order valence-corrected chi connectivity index (χ0v) is 10.2. The van der Waals surface area contributed by atoms with Crippen molar-refractivity contribution in [3.05, 3.63) is 35.9 Å². The fourth-order valence-corrected chi connectivity index (χ4v) is 1.46. The lowest BCUT2D eigenvalue weighted by molar-refractivity contribution is -0.144. The smallest absolute Gasteiger partial charge is 0.333 e. The molecule has 0 radical (unpaired) electrons. The number of hydrogen-bond donors (Lipinski definition) is 3. The number of alkyl halides is 2. The van der Waals surface area contributed by atoms with Gasteiger partial charge in [0.25, 0.3) is 6.43 Å². The van der Waals surface area contributed by atoms with E-state index in [1.807, 2.05) is 5.32 Å². The Bertz CT molecular complexity index is 454. The van der Waals surface area contributed by atoms with Crippen LogP contribution in [0.2, 0.25) is 0 Å². The minimum Gasteiger partial charge on any atom is -0.479 e. The van der Waals surface area contributed by atoms with E-state index in [0.717, 1.165) is 0 Å². The van der Waals surface area contributed by atoms with E-state index in [0.29, 0.717) is 5.56 Å². The maximum absolute atomic E-state index is 12.0. The van der Waals surface area contributed by atoms with E-state index in [-0.39, 0.29) is 0 Å². The first-order chi connectivity index (χ1) is 8.86. The lowest BCUT2D eigenvalue weighted by Crippen LogP contribution is -2.53. The van der Waals surface area contributed by atoms with Crippen LogP contribution in [0.3, 0.4) is 0 Å². The first-order valence-corrected chi connectivity index (χ1v) is 5.49. The molecule has 1 aromatic rings. The van der Waals surface area contributed by atoms with Crippen LogP contribution < -0.4 is 10.6 Å². The minimum absolute atomic E-state index is 0.342. The zero-order valence-electron chi connectivity index (χ0n) is 10.2. The number of halogens is 2. The Kier molecular flexibility index (Phi) is 4.80. The van der Waals surface area contributed by atoms with E-state index in [1.54, 1.807) is 18.2 Å². The lowest BCUT2D eigenvalue weighted by atomic mass is 9.92. The first kappa shape index (κ1) is 14.9. The molecule has 1 atom stereocenters. The molecule has 0 aromatic heterocycles. The molecule has 1 unspecified atom stereocenters. The van der Waals surface area contributed by atoms with Gasteiger partial charge in [-0.2, -0.15) is 0 Å². The van der Waals surface area contributed by atoms with Crippen LogP contribution in [0.4, 0.5) is 13.6 Å². The molecule has 0 aliphatic heterocycles. The molecule has 0 saturated carbocycles. The first-order valence-electron chi connectivity index (χ1n) is 5.49. The van der Waals surface area contributed by atoms with Crippen molar-refractivity contribution in [2.75, 3.05) is 6.54 Å². The average molecular weight is 272 g/mol. The standard InChI is InChI=1S/C12H14F2N2O3/c1-12(10(17)18,8-5-3-2-4-6-8)16-11(19)15-7-9(13)14/h2-6,9H,7H2,1H3,(H,17,18)(H2,15,16,19). The van der Waals surface area contributed by atoms with E-state index in [4.69, 9.17) is 0 Å². The number of nitrogens with one attached hydrogen (secondary N) is 2. The van der Waals surface area contributed by atoms with E-state index in [2.05, 4.69) is 5.32 Å². The van der Waals surface area contributed by atoms with Crippen LogP contribution in [0.25, 0.3) is 0 Å². The molecule has 0 spiro atoms. The third-order valence-corrected chi connectivity index (χ3v) is 2.56. The fraction of sp³-hybridized carbons (Fsp3) is 0.333. The molecule has 104 valence electrons. The number of carbonyl (C=O) groups is 2. The Morgan fingerprint density at radius 2 is 1.89 bits per heavy atom. The molecule has 1 aromatic carbocycles. The molecule has 0 saturated heterocycles. The van der Waals surface area contributed by atoms with Crippen molar-refractivity contribution >= 4 is 12.0 Å². The summed E-state index contributed by atoms with van der Waals surface area (Å²) in [5.74, 6) is -1.29. The third-order valence-electron chi connectivity index (χ3n) is 2.56. The van der Waals surface area contributed by atoms with Gasteiger partial charge in [0.15, 0.2) is 5.54 Å². The topological polar surface area (TPSA) is 78.4 Å². The second-order valence-corrected chi connectivity index (χ2v) is 4.02. The van der Waals surface area contributed by atoms with Gasteiger partial charge in [0.05, 0.1) is 6.54 Å². The number of carboxylic acids is 1. The van der Waals surface area contributed by atoms with Crippen molar-refractivity contribution in [3.63, 3.8) is 0 Å². The summed E-state index contributed by atoms with van der Waals surface area (Å²) in [6.07, 6.45) is -2.70. The van der Waals surface area contributed by atoms with Gasteiger partial charge in [-0.25, -0.2) is 18.4 Å². The lowest BCUT2D eigenvalue weighted by Gasteiger charge is -2.26. The second kappa shape index (κ2) is 6.12. The average Bonchev–Trinajstić information content (AvgIpc) is 2.37. The van der Waals surface area contributed by atoms with Crippen molar-refractivity contribution in [1.82, 2.24) is 10.6 Å². The molecule has 0 aliphatic carbocycles. The van der Waals surface area contributed by atoms with Crippen LogP contribution in [-0.4, -0.2) is 30.1 Å². The Hall–Kier alpha value is -2.18. The van der Waals surface area contributed by atoms with Crippen LogP contribution in [0.1, 0.15) is 12.5 Å². The molecule has 5 nitrogen and oxygen atoms in total. The predicted molar refractivity (Wildman–Crippen MR) is 64.0 cm³/mol. The summed E-state index contributed by atoms with van der Waals surface area (Å²) in [6, 6.07) is 7.03. The number of rotatable bonds is 5. The van der Waals surface area contributed by atoms with Crippen molar-refractivity contribution in [2.45, 2.75) is 18.9 Å². The van der Waals surface area contributed by atoms with Crippen LogP contribution in [0, 0.1) is 0 Å². The number of carbonyl (C=O) groups excluding carboxylic acids is 1. The summed E-state index contributed by atoms with van der Waals surface area (Å²) in [5, 5.41) is 13.3. The molecule has 19 heavy (non-hydrogen) atoms. The quantitative estimate of drug-likeness (QED) is 0.761. The van der Waals surface area contributed by atoms with E-state index < -0.39 is 30.5 Å². The van der Waals surface area contributed by atoms with Crippen LogP contribution in [0.15, 0.2) is 30.3 Å². The second-order valence-electron chi connectivity index (χ2n) is 4.02. The van der Waals surface area contributed by atoms with Crippen LogP contribution >= 0.6 is 0 Å². The third kappa shape index (κ3) is 3.90. The summed E-state index contributed by atoms with van der Waals surface area (Å²) in [7, 11) is 0. The summed E-state index contributed by atoms with van der Waals surface area (Å²) in [6.45, 7) is 0.447. The van der Waals surface area contributed by atoms with Gasteiger partial charge in [0, 0.05) is 0 Å². The van der Waals surface area contributed by atoms with Crippen LogP contribution in [0.5, 0.6) is 0 Å². The number of carboxylic acid groups (broad SMARTS) is 1. The maximum atomic E-state index is 12.0. The van der Waals surface area contributed by atoms with Gasteiger partial charge >= 0.3 is 12.0 Å². The molecule has 0 bridgehead atoms. The Morgan fingerprint density at radius 1 is 1.32 bits per heavy atom. The van der Waals surface area contributed by atoms with Crippen molar-refractivity contribution in [3.8, 4) is 0 Å². The van der Waals surface area contributed by atoms with Gasteiger partial charge in [-0.1, -0.05) is 30.3 Å². The van der Waals surface area contributed by atoms with E-state index in [1.165, 1.54) is 19.1 Å². The monoisotopic (exact) mass is 272 g/mol. The summed E-state index contributed by atoms with van der Waals surface area (Å²) in [4.78, 5) is 22.7. The molecule has 1 rings (SSSR count). The normalized spacial score (nSPS) is 13.7. The van der Waals surface area contributed by atoms with Gasteiger partial charge in [0.2, 0.25) is 0 Å². The Morgan fingerprint density at radius 3 is 2.37 bits per heavy atom. The van der Waals surface area contributed by atoms with Crippen molar-refractivity contribution in [1.29, 1.82) is 0 Å². The number of benzene rings is 1. The highest BCUT2D eigenvalue weighted by Gasteiger charge is 2.36. The number of urea groups is 1. The predicted octanol–water partition coefficient (Wildman–Crippen LogP) is 1.55. The zero-order chi connectivity index (χ0) is 14.5. The number of aliphatic carboxylic acids is 1. The van der Waals surface area contributed by atoms with Crippen LogP contribution in [-0.2, 0) is 10.3 Å². The highest BCUT2D eigenvalue weighted by atomic mass is 19.3. The molecular formula is C12H14F2N2O3. The minimum atomic E-state index is -2.70. The van der Waals surface area contributed by atoms with Gasteiger partial charge in [-0.05, 0) is 12.5 Å². The Balaban J connectivity index is 2.84. The highest BCUT2D eigenvalue weighted by Crippen LogP contribution is 2.20. The molecular weight excluding hydrogens is 258 g/mol. The summed E-state index contributed by atoms with van der Waals surface area (Å²) >= 11 is 0. The van der Waals surface area contributed by atoms with Gasteiger partial charge in [-0.3, -0.25) is 0 Å². The molecule has 2 amide bonds. The van der Waals surface area contributed by atoms with Gasteiger partial charge in [-0.15, -0.1) is 0 Å². The van der Waals surface area contributed by atoms with E-state index in [9.17, 15) is 23.5 Å². The van der Waals surface area contributed by atoms with Gasteiger partial charge in [0.1, 0.15) is 0 Å². The molecule has 0 aliphatic rings. The SMILES string of the molecule is CC(NC(=O)NCC(F)F)(C(=O)O)c1ccccc1. The molecule has 0 fully saturated rings. The maximum Gasteiger partial charge on any atom is 0.333 e. The molecule has 3 N–H and O–H groups in total.